The van der Waals surface area contributed by atoms with Gasteiger partial charge >= 0.3 is 5.97 Å². The van der Waals surface area contributed by atoms with Crippen molar-refractivity contribution in [2.45, 2.75) is 12.6 Å². The van der Waals surface area contributed by atoms with Crippen LogP contribution < -0.4 is 0 Å². The number of aromatic carboxylic acids is 1. The van der Waals surface area contributed by atoms with Crippen LogP contribution in [0.25, 0.3) is 0 Å². The molecule has 4 heteroatoms. The molecular formula is C28H23NO3. The third kappa shape index (κ3) is 4.76. The molecule has 1 N–H and O–H groups in total. The number of benzene rings is 4. The highest BCUT2D eigenvalue weighted by Gasteiger charge is 2.27. The van der Waals surface area contributed by atoms with E-state index in [2.05, 4.69) is 0 Å². The third-order valence-electron chi connectivity index (χ3n) is 5.38. The fraction of sp³-hybridized carbons (Fsp3) is 0.0714. The average Bonchev–Trinajstić information content (AvgIpc) is 2.85. The summed E-state index contributed by atoms with van der Waals surface area (Å²) in [5.41, 5.74) is 3.69. The molecule has 0 saturated carbocycles. The van der Waals surface area contributed by atoms with Crippen LogP contribution in [0.15, 0.2) is 115 Å². The minimum Gasteiger partial charge on any atom is -0.478 e. The number of carboxylic acids is 1. The normalized spacial score (nSPS) is 10.7. The molecule has 0 spiro atoms. The van der Waals surface area contributed by atoms with Crippen LogP contribution in [-0.2, 0) is 6.54 Å². The van der Waals surface area contributed by atoms with Crippen LogP contribution in [0, 0.1) is 0 Å². The summed E-state index contributed by atoms with van der Waals surface area (Å²) in [6.07, 6.45) is 0. The molecule has 0 atom stereocenters. The highest BCUT2D eigenvalue weighted by Crippen LogP contribution is 2.31. The number of hydrogen-bond donors (Lipinski definition) is 1. The minimum atomic E-state index is -0.972. The monoisotopic (exact) mass is 421 g/mol. The van der Waals surface area contributed by atoms with Crippen molar-refractivity contribution >= 4 is 11.9 Å². The van der Waals surface area contributed by atoms with Gasteiger partial charge in [0, 0.05) is 12.1 Å². The lowest BCUT2D eigenvalue weighted by Gasteiger charge is -2.33. The van der Waals surface area contributed by atoms with E-state index >= 15 is 0 Å². The summed E-state index contributed by atoms with van der Waals surface area (Å²) >= 11 is 0. The van der Waals surface area contributed by atoms with Gasteiger partial charge in [0.1, 0.15) is 0 Å². The van der Waals surface area contributed by atoms with Crippen molar-refractivity contribution in [1.82, 2.24) is 4.90 Å². The first-order chi connectivity index (χ1) is 15.6. The molecule has 4 aromatic rings. The van der Waals surface area contributed by atoms with Gasteiger partial charge in [-0.3, -0.25) is 4.79 Å². The molecule has 32 heavy (non-hydrogen) atoms. The first-order valence-electron chi connectivity index (χ1n) is 10.4. The Morgan fingerprint density at radius 1 is 0.625 bits per heavy atom. The Labute approximate surface area is 187 Å². The van der Waals surface area contributed by atoms with Gasteiger partial charge in [0.05, 0.1) is 11.6 Å². The molecule has 0 radical (unpaired) electrons. The molecule has 0 heterocycles. The smallest absolute Gasteiger partial charge is 0.335 e. The average molecular weight is 421 g/mol. The predicted molar refractivity (Wildman–Crippen MR) is 124 cm³/mol. The number of carbonyl (C=O) groups is 2. The van der Waals surface area contributed by atoms with E-state index in [0.29, 0.717) is 12.1 Å². The lowest BCUT2D eigenvalue weighted by Crippen LogP contribution is -2.35. The van der Waals surface area contributed by atoms with E-state index < -0.39 is 5.97 Å². The van der Waals surface area contributed by atoms with Crippen molar-refractivity contribution in [3.05, 3.63) is 143 Å². The van der Waals surface area contributed by atoms with Gasteiger partial charge in [0.25, 0.3) is 5.91 Å². The number of rotatable bonds is 7. The fourth-order valence-corrected chi connectivity index (χ4v) is 3.80. The first-order valence-corrected chi connectivity index (χ1v) is 10.4. The number of hydrogen-bond acceptors (Lipinski definition) is 2. The van der Waals surface area contributed by atoms with Gasteiger partial charge < -0.3 is 10.0 Å². The van der Waals surface area contributed by atoms with Crippen LogP contribution in [0.4, 0.5) is 0 Å². The fourth-order valence-electron chi connectivity index (χ4n) is 3.80. The van der Waals surface area contributed by atoms with E-state index in [1.807, 2.05) is 95.9 Å². The largest absolute Gasteiger partial charge is 0.478 e. The van der Waals surface area contributed by atoms with E-state index in [1.165, 1.54) is 0 Å². The molecule has 0 saturated heterocycles. The topological polar surface area (TPSA) is 57.6 Å². The van der Waals surface area contributed by atoms with E-state index in [-0.39, 0.29) is 17.5 Å². The van der Waals surface area contributed by atoms with Crippen LogP contribution >= 0.6 is 0 Å². The number of carboxylic acid groups (broad SMARTS) is 1. The Kier molecular flexibility index (Phi) is 6.42. The molecule has 0 aliphatic rings. The Morgan fingerprint density at radius 3 is 1.56 bits per heavy atom. The number of amides is 1. The maximum Gasteiger partial charge on any atom is 0.335 e. The lowest BCUT2D eigenvalue weighted by molar-refractivity contribution is 0.0681. The van der Waals surface area contributed by atoms with Crippen molar-refractivity contribution in [2.75, 3.05) is 0 Å². The quantitative estimate of drug-likeness (QED) is 0.409. The van der Waals surface area contributed by atoms with Crippen LogP contribution in [0.2, 0.25) is 0 Å². The highest BCUT2D eigenvalue weighted by molar-refractivity contribution is 5.94. The van der Waals surface area contributed by atoms with Crippen molar-refractivity contribution in [2.24, 2.45) is 0 Å². The van der Waals surface area contributed by atoms with Gasteiger partial charge in [0.2, 0.25) is 0 Å². The molecule has 0 aliphatic heterocycles. The zero-order valence-corrected chi connectivity index (χ0v) is 17.5. The molecule has 0 aromatic heterocycles. The van der Waals surface area contributed by atoms with Crippen LogP contribution in [-0.4, -0.2) is 21.9 Å². The lowest BCUT2D eigenvalue weighted by atomic mass is 9.95. The maximum atomic E-state index is 13.7. The molecular weight excluding hydrogens is 398 g/mol. The molecule has 4 rings (SSSR count). The highest BCUT2D eigenvalue weighted by atomic mass is 16.4. The summed E-state index contributed by atoms with van der Waals surface area (Å²) in [6.45, 7) is 0.335. The Bertz CT molecular complexity index is 1130. The third-order valence-corrected chi connectivity index (χ3v) is 5.38. The van der Waals surface area contributed by atoms with Crippen LogP contribution in [0.1, 0.15) is 43.4 Å². The summed E-state index contributed by atoms with van der Waals surface area (Å²) in [6, 6.07) is 35.5. The second-order valence-electron chi connectivity index (χ2n) is 7.53. The summed E-state index contributed by atoms with van der Waals surface area (Å²) < 4.78 is 0. The van der Waals surface area contributed by atoms with Gasteiger partial charge in [-0.05, 0) is 41.0 Å². The molecule has 0 aliphatic carbocycles. The van der Waals surface area contributed by atoms with Crippen molar-refractivity contribution in [1.29, 1.82) is 0 Å². The van der Waals surface area contributed by atoms with Crippen LogP contribution in [0.3, 0.4) is 0 Å². The number of nitrogens with zero attached hydrogens (tertiary/aromatic N) is 1. The summed E-state index contributed by atoms with van der Waals surface area (Å²) in [5, 5.41) is 9.22. The van der Waals surface area contributed by atoms with Gasteiger partial charge in [-0.1, -0.05) is 91.0 Å². The Hall–Kier alpha value is -4.18. The zero-order chi connectivity index (χ0) is 22.3. The van der Waals surface area contributed by atoms with Crippen molar-refractivity contribution < 1.29 is 14.7 Å². The molecule has 4 nitrogen and oxygen atoms in total. The maximum absolute atomic E-state index is 13.7. The Morgan fingerprint density at radius 2 is 1.09 bits per heavy atom. The molecule has 0 bridgehead atoms. The summed E-state index contributed by atoms with van der Waals surface area (Å²) in [7, 11) is 0. The van der Waals surface area contributed by atoms with Gasteiger partial charge in [-0.25, -0.2) is 4.79 Å². The summed E-state index contributed by atoms with van der Waals surface area (Å²) in [4.78, 5) is 26.8. The molecule has 0 fully saturated rings. The molecule has 1 amide bonds. The molecule has 0 unspecified atom stereocenters. The SMILES string of the molecule is O=C(O)c1ccc(CN(C(=O)c2ccccc2)C(c2ccccc2)c2ccccc2)cc1. The van der Waals surface area contributed by atoms with Crippen molar-refractivity contribution in [3.8, 4) is 0 Å². The van der Waals surface area contributed by atoms with Crippen LogP contribution in [0.5, 0.6) is 0 Å². The summed E-state index contributed by atoms with van der Waals surface area (Å²) in [5.74, 6) is -1.06. The van der Waals surface area contributed by atoms with E-state index in [0.717, 1.165) is 16.7 Å². The standard InChI is InChI=1S/C28H23NO3/c30-27(24-14-8-3-9-15-24)29(20-21-16-18-25(19-17-21)28(31)32)26(22-10-4-1-5-11-22)23-12-6-2-7-13-23/h1-19,26H,20H2,(H,31,32). The second kappa shape index (κ2) is 9.75. The number of carbonyl (C=O) groups excluding carboxylic acids is 1. The molecule has 158 valence electrons. The first kappa shape index (κ1) is 21.1. The van der Waals surface area contributed by atoms with Crippen molar-refractivity contribution in [3.63, 3.8) is 0 Å². The van der Waals surface area contributed by atoms with Gasteiger partial charge in [-0.15, -0.1) is 0 Å². The van der Waals surface area contributed by atoms with E-state index in [1.54, 1.807) is 24.3 Å². The minimum absolute atomic E-state index is 0.0920. The van der Waals surface area contributed by atoms with Gasteiger partial charge in [-0.2, -0.15) is 0 Å². The van der Waals surface area contributed by atoms with E-state index in [4.69, 9.17) is 0 Å². The molecule has 4 aromatic carbocycles. The van der Waals surface area contributed by atoms with Gasteiger partial charge in [0.15, 0.2) is 0 Å². The predicted octanol–water partition coefficient (Wildman–Crippen LogP) is 5.82. The Balaban J connectivity index is 1.80. The second-order valence-corrected chi connectivity index (χ2v) is 7.53. The zero-order valence-electron chi connectivity index (χ0n) is 17.5. The van der Waals surface area contributed by atoms with E-state index in [9.17, 15) is 14.7 Å².